The lowest BCUT2D eigenvalue weighted by molar-refractivity contribution is -0.161. The number of likely N-dealkylation sites (N-methyl/N-ethyl adjacent to an activating group) is 1. The second-order valence-corrected chi connectivity index (χ2v) is 17.5. The molecular formula is C46H62N2O15. The smallest absolute Gasteiger partial charge is 0.326 e. The third kappa shape index (κ3) is 11.1. The van der Waals surface area contributed by atoms with Crippen LogP contribution in [0.2, 0.25) is 0 Å². The molecule has 0 fully saturated rings. The molecule has 2 amide bonds. The number of aromatic hydroxyl groups is 2. The van der Waals surface area contributed by atoms with Gasteiger partial charge in [-0.05, 0) is 40.7 Å². The number of hydrogen-bond donors (Lipinski definition) is 5. The van der Waals surface area contributed by atoms with Crippen LogP contribution >= 0.6 is 0 Å². The SMILES string of the molecule is COC1C=COC2(C)Oc3c(C)c(O)c4c(O)c(cc(OCC(=O)N(C)CC(=O)OC(C)(C)C)c4c3C2=O)NC(=O)C(C)=CC=CC(C)C(O)C(C)C(O)C(C)C(OC(C)=O)C1C. The van der Waals surface area contributed by atoms with Gasteiger partial charge in [0.1, 0.15) is 35.5 Å². The number of carbonyl (C=O) groups is 5. The second-order valence-electron chi connectivity index (χ2n) is 17.5. The fraction of sp³-hybridized carbons (Fsp3) is 0.543. The van der Waals surface area contributed by atoms with Crippen molar-refractivity contribution in [1.82, 2.24) is 4.90 Å². The quantitative estimate of drug-likeness (QED) is 0.177. The van der Waals surface area contributed by atoms with Crippen LogP contribution < -0.4 is 14.8 Å². The van der Waals surface area contributed by atoms with Crippen LogP contribution in [-0.4, -0.2) is 118 Å². The number of benzene rings is 2. The number of aliphatic hydroxyl groups is 2. The Kier molecular flexibility index (Phi) is 15.7. The molecule has 0 saturated heterocycles. The molecule has 5 bridgehead atoms. The Morgan fingerprint density at radius 2 is 1.60 bits per heavy atom. The van der Waals surface area contributed by atoms with Gasteiger partial charge in [0, 0.05) is 74.3 Å². The van der Waals surface area contributed by atoms with E-state index in [1.807, 2.05) is 0 Å². The number of fused-ring (bicyclic) bond motifs is 14. The minimum atomic E-state index is -2.08. The molecule has 0 spiro atoms. The van der Waals surface area contributed by atoms with Gasteiger partial charge in [-0.15, -0.1) is 0 Å². The highest BCUT2D eigenvalue weighted by Crippen LogP contribution is 2.54. The van der Waals surface area contributed by atoms with Crippen molar-refractivity contribution in [2.24, 2.45) is 23.7 Å². The molecule has 3 aliphatic heterocycles. The van der Waals surface area contributed by atoms with Gasteiger partial charge in [-0.1, -0.05) is 45.9 Å². The second kappa shape index (κ2) is 19.8. The third-order valence-corrected chi connectivity index (χ3v) is 11.4. The van der Waals surface area contributed by atoms with Crippen molar-refractivity contribution in [1.29, 1.82) is 0 Å². The first-order valence-corrected chi connectivity index (χ1v) is 20.7. The van der Waals surface area contributed by atoms with Crippen molar-refractivity contribution in [2.75, 3.05) is 32.6 Å². The Labute approximate surface area is 367 Å². The van der Waals surface area contributed by atoms with E-state index >= 15 is 0 Å². The molecule has 2 aromatic carbocycles. The number of nitrogens with zero attached hydrogens (tertiary/aromatic N) is 1. The van der Waals surface area contributed by atoms with E-state index in [-0.39, 0.29) is 44.7 Å². The van der Waals surface area contributed by atoms with E-state index in [1.165, 1.54) is 66.3 Å². The molecule has 3 aliphatic rings. The summed E-state index contributed by atoms with van der Waals surface area (Å²) in [7, 11) is 2.78. The normalized spacial score (nSPS) is 27.0. The number of hydrogen-bond acceptors (Lipinski definition) is 15. The highest BCUT2D eigenvalue weighted by atomic mass is 16.7. The Morgan fingerprint density at radius 3 is 2.21 bits per heavy atom. The van der Waals surface area contributed by atoms with E-state index < -0.39 is 114 Å². The monoisotopic (exact) mass is 882 g/mol. The van der Waals surface area contributed by atoms with Crippen LogP contribution in [0.15, 0.2) is 42.2 Å². The van der Waals surface area contributed by atoms with Crippen molar-refractivity contribution in [3.8, 4) is 23.0 Å². The zero-order valence-electron chi connectivity index (χ0n) is 38.2. The van der Waals surface area contributed by atoms with Crippen LogP contribution in [0.25, 0.3) is 10.8 Å². The van der Waals surface area contributed by atoms with Crippen molar-refractivity contribution in [3.05, 3.63) is 53.3 Å². The van der Waals surface area contributed by atoms with E-state index in [1.54, 1.807) is 60.6 Å². The first kappa shape index (κ1) is 50.0. The zero-order chi connectivity index (χ0) is 47.5. The van der Waals surface area contributed by atoms with E-state index in [0.717, 1.165) is 4.90 Å². The minimum absolute atomic E-state index is 0.0254. The van der Waals surface area contributed by atoms with Crippen LogP contribution in [0.3, 0.4) is 0 Å². The first-order valence-electron chi connectivity index (χ1n) is 20.7. The topological polar surface area (TPSA) is 237 Å². The maximum atomic E-state index is 14.5. The summed E-state index contributed by atoms with van der Waals surface area (Å²) in [5.41, 5.74) is -1.06. The van der Waals surface area contributed by atoms with E-state index in [0.29, 0.717) is 0 Å². The number of phenolic OH excluding ortho intramolecular Hbond substituents is 2. The first-order chi connectivity index (χ1) is 29.2. The average molecular weight is 883 g/mol. The molecule has 17 nitrogen and oxygen atoms in total. The van der Waals surface area contributed by atoms with E-state index in [4.69, 9.17) is 28.4 Å². The molecule has 0 aromatic heterocycles. The summed E-state index contributed by atoms with van der Waals surface area (Å²) >= 11 is 0. The number of rotatable bonds is 7. The predicted molar refractivity (Wildman–Crippen MR) is 231 cm³/mol. The van der Waals surface area contributed by atoms with Crippen LogP contribution in [0.4, 0.5) is 5.69 Å². The molecule has 0 radical (unpaired) electrons. The number of aliphatic hydroxyl groups excluding tert-OH is 2. The standard InChI is InChI=1S/C46H62N2O15/c1-22-15-14-16-23(2)44(57)47-29-19-31(59-21-32(50)48(12)20-33(51)62-45(8,9)10)34-35(40(29)55)39(54)27(6)42-36(34)43(56)46(11,63-42)60-18-17-30(58-13)24(3)41(61-28(7)49)26(5)38(53)25(4)37(22)52/h14-19,22,24-26,30,37-38,41,52-55H,20-21H2,1-13H3,(H,47,57). The van der Waals surface area contributed by atoms with Gasteiger partial charge in [-0.2, -0.15) is 0 Å². The van der Waals surface area contributed by atoms with E-state index in [2.05, 4.69) is 5.32 Å². The summed E-state index contributed by atoms with van der Waals surface area (Å²) < 4.78 is 35.0. The molecule has 63 heavy (non-hydrogen) atoms. The molecule has 0 aliphatic carbocycles. The Balaban J connectivity index is 1.90. The Bertz CT molecular complexity index is 2190. The number of esters is 2. The van der Waals surface area contributed by atoms with Gasteiger partial charge in [0.05, 0.1) is 41.2 Å². The third-order valence-electron chi connectivity index (χ3n) is 11.4. The largest absolute Gasteiger partial charge is 0.507 e. The predicted octanol–water partition coefficient (Wildman–Crippen LogP) is 5.23. The number of phenols is 2. The van der Waals surface area contributed by atoms with E-state index in [9.17, 15) is 44.4 Å². The molecule has 9 unspecified atom stereocenters. The number of allylic oxidation sites excluding steroid dienone is 2. The van der Waals surface area contributed by atoms with Crippen molar-refractivity contribution >= 4 is 46.0 Å². The molecule has 5 N–H and O–H groups in total. The molecule has 2 aromatic rings. The Hall–Kier alpha value is -5.65. The number of anilines is 1. The summed E-state index contributed by atoms with van der Waals surface area (Å²) in [6.45, 7) is 16.3. The summed E-state index contributed by atoms with van der Waals surface area (Å²) in [5, 5.41) is 48.3. The number of carbonyl (C=O) groups excluding carboxylic acids is 5. The highest BCUT2D eigenvalue weighted by Gasteiger charge is 2.50. The summed E-state index contributed by atoms with van der Waals surface area (Å²) in [6.07, 6.45) is 3.34. The number of methoxy groups -OCH3 is 1. The summed E-state index contributed by atoms with van der Waals surface area (Å²) in [5.74, 6) is -9.60. The number of nitrogens with one attached hydrogen (secondary N) is 1. The highest BCUT2D eigenvalue weighted by molar-refractivity contribution is 6.21. The zero-order valence-corrected chi connectivity index (χ0v) is 38.2. The maximum Gasteiger partial charge on any atom is 0.326 e. The van der Waals surface area contributed by atoms with Crippen molar-refractivity contribution in [2.45, 2.75) is 112 Å². The maximum absolute atomic E-state index is 14.5. The molecule has 5 rings (SSSR count). The summed E-state index contributed by atoms with van der Waals surface area (Å²) in [6, 6.07) is 1.19. The average Bonchev–Trinajstić information content (AvgIpc) is 3.47. The van der Waals surface area contributed by atoms with Gasteiger partial charge in [0.2, 0.25) is 0 Å². The molecule has 17 heteroatoms. The number of ketones is 1. The lowest BCUT2D eigenvalue weighted by Crippen LogP contribution is -2.46. The van der Waals surface area contributed by atoms with Crippen molar-refractivity contribution < 1.29 is 72.8 Å². The molecular weight excluding hydrogens is 821 g/mol. The number of amides is 2. The molecule has 0 saturated carbocycles. The minimum Gasteiger partial charge on any atom is -0.507 e. The van der Waals surface area contributed by atoms with Gasteiger partial charge in [-0.3, -0.25) is 24.0 Å². The molecule has 9 atom stereocenters. The van der Waals surface area contributed by atoms with Crippen molar-refractivity contribution in [3.63, 3.8) is 0 Å². The van der Waals surface area contributed by atoms with Gasteiger partial charge in [0.15, 0.2) is 12.4 Å². The van der Waals surface area contributed by atoms with Crippen LogP contribution in [0.5, 0.6) is 23.0 Å². The lowest BCUT2D eigenvalue weighted by Gasteiger charge is -2.38. The molecule has 3 heterocycles. The lowest BCUT2D eigenvalue weighted by atomic mass is 9.78. The molecule has 346 valence electrons. The van der Waals surface area contributed by atoms with Crippen LogP contribution in [-0.2, 0) is 38.1 Å². The van der Waals surface area contributed by atoms with Crippen LogP contribution in [0.1, 0.15) is 85.2 Å². The van der Waals surface area contributed by atoms with Gasteiger partial charge < -0.3 is 59.1 Å². The van der Waals surface area contributed by atoms with Crippen LogP contribution in [0, 0.1) is 30.6 Å². The fourth-order valence-electron chi connectivity index (χ4n) is 7.65. The van der Waals surface area contributed by atoms with Gasteiger partial charge in [0.25, 0.3) is 17.6 Å². The Morgan fingerprint density at radius 1 is 0.952 bits per heavy atom. The number of ether oxygens (including phenoxy) is 6. The fourth-order valence-corrected chi connectivity index (χ4v) is 7.65. The summed E-state index contributed by atoms with van der Waals surface area (Å²) in [4.78, 5) is 67.4. The number of Topliss-reactive ketones (excluding diaryl/α,β-unsaturated/α-hetero) is 1. The van der Waals surface area contributed by atoms with Gasteiger partial charge in [-0.25, -0.2) is 0 Å². The van der Waals surface area contributed by atoms with Gasteiger partial charge >= 0.3 is 17.7 Å².